The summed E-state index contributed by atoms with van der Waals surface area (Å²) in [6, 6.07) is 11.6. The van der Waals surface area contributed by atoms with Crippen molar-refractivity contribution >= 4 is 23.6 Å². The minimum Gasteiger partial charge on any atom is -0.369 e. The summed E-state index contributed by atoms with van der Waals surface area (Å²) in [5.41, 5.74) is 10.3. The molecule has 1 aliphatic rings. The van der Waals surface area contributed by atoms with Crippen LogP contribution in [-0.2, 0) is 22.7 Å². The van der Waals surface area contributed by atoms with E-state index in [0.717, 1.165) is 61.4 Å². The highest BCUT2D eigenvalue weighted by Gasteiger charge is 2.23. The highest BCUT2D eigenvalue weighted by atomic mass is 16.2. The number of nitrogens with zero attached hydrogens (tertiary/aromatic N) is 3. The van der Waals surface area contributed by atoms with Crippen molar-refractivity contribution in [3.05, 3.63) is 58.4 Å². The van der Waals surface area contributed by atoms with Gasteiger partial charge in [0.05, 0.1) is 5.92 Å². The number of primary amides is 1. The zero-order valence-electron chi connectivity index (χ0n) is 19.7. The Labute approximate surface area is 195 Å². The number of anilines is 1. The maximum atomic E-state index is 12.7. The first-order valence-corrected chi connectivity index (χ1v) is 11.5. The minimum atomic E-state index is -0.425. The molecule has 1 atom stereocenters. The number of nitrogens with one attached hydrogen (secondary N) is 1. The molecule has 174 valence electrons. The van der Waals surface area contributed by atoms with E-state index in [2.05, 4.69) is 21.7 Å². The van der Waals surface area contributed by atoms with Crippen LogP contribution in [0.2, 0.25) is 0 Å². The molecule has 1 fully saturated rings. The van der Waals surface area contributed by atoms with E-state index in [1.54, 1.807) is 6.08 Å². The molecule has 7 heteroatoms. The number of benzene rings is 1. The zero-order valence-corrected chi connectivity index (χ0v) is 19.7. The summed E-state index contributed by atoms with van der Waals surface area (Å²) in [6.07, 6.45) is 4.49. The third-order valence-corrected chi connectivity index (χ3v) is 6.25. The second-order valence-electron chi connectivity index (χ2n) is 8.78. The van der Waals surface area contributed by atoms with Gasteiger partial charge < -0.3 is 15.6 Å². The lowest BCUT2D eigenvalue weighted by molar-refractivity contribution is -0.123. The van der Waals surface area contributed by atoms with Crippen molar-refractivity contribution in [2.45, 2.75) is 53.1 Å². The quantitative estimate of drug-likeness (QED) is 0.475. The van der Waals surface area contributed by atoms with Crippen LogP contribution < -0.4 is 11.1 Å². The standard InChI is InChI=1S/C26H33N5O2/c1-4-11-31-18(2)13-22(19(31)3)14-23(15-27)26(33)29-24-9-7-20(8-10-24)16-30-12-5-6-21(17-30)25(28)32/h7-10,13-14,21H,4-6,11-12,16-17H2,1-3H3,(H2,28,32)(H,29,33)/b23-14+. The molecule has 1 unspecified atom stereocenters. The first-order valence-electron chi connectivity index (χ1n) is 11.5. The van der Waals surface area contributed by atoms with Gasteiger partial charge in [-0.25, -0.2) is 0 Å². The number of hydrogen-bond donors (Lipinski definition) is 2. The number of nitrogens with two attached hydrogens (primary N) is 1. The second kappa shape index (κ2) is 11.0. The molecule has 0 bridgehead atoms. The fraction of sp³-hybridized carbons (Fsp3) is 0.423. The Kier molecular flexibility index (Phi) is 8.07. The SMILES string of the molecule is CCCn1c(C)cc(/C=C(\C#N)C(=O)Nc2ccc(CN3CCCC(C(N)=O)C3)cc2)c1C. The van der Waals surface area contributed by atoms with Crippen LogP contribution in [0.5, 0.6) is 0 Å². The molecule has 2 heterocycles. The zero-order chi connectivity index (χ0) is 24.0. The first-order chi connectivity index (χ1) is 15.8. The number of aryl methyl sites for hydroxylation is 1. The number of aromatic nitrogens is 1. The number of carbonyl (C=O) groups excluding carboxylic acids is 2. The molecule has 33 heavy (non-hydrogen) atoms. The van der Waals surface area contributed by atoms with Crippen molar-refractivity contribution in [2.75, 3.05) is 18.4 Å². The average molecular weight is 448 g/mol. The lowest BCUT2D eigenvalue weighted by Crippen LogP contribution is -2.40. The molecule has 0 saturated carbocycles. The van der Waals surface area contributed by atoms with Gasteiger partial charge in [0.15, 0.2) is 0 Å². The molecular weight excluding hydrogens is 414 g/mol. The van der Waals surface area contributed by atoms with E-state index >= 15 is 0 Å². The van der Waals surface area contributed by atoms with Crippen molar-refractivity contribution in [3.63, 3.8) is 0 Å². The summed E-state index contributed by atoms with van der Waals surface area (Å²) in [7, 11) is 0. The number of amides is 2. The second-order valence-corrected chi connectivity index (χ2v) is 8.78. The Morgan fingerprint density at radius 2 is 2.00 bits per heavy atom. The molecule has 1 aromatic heterocycles. The molecule has 0 aliphatic carbocycles. The summed E-state index contributed by atoms with van der Waals surface area (Å²) >= 11 is 0. The molecule has 2 aromatic rings. The Morgan fingerprint density at radius 3 is 2.64 bits per heavy atom. The van der Waals surface area contributed by atoms with Crippen LogP contribution in [0.1, 0.15) is 48.7 Å². The molecule has 0 radical (unpaired) electrons. The number of nitriles is 1. The van der Waals surface area contributed by atoms with E-state index in [9.17, 15) is 14.9 Å². The molecule has 3 rings (SSSR count). The molecule has 0 spiro atoms. The number of piperidine rings is 1. The van der Waals surface area contributed by atoms with Crippen LogP contribution >= 0.6 is 0 Å². The number of carbonyl (C=O) groups is 2. The summed E-state index contributed by atoms with van der Waals surface area (Å²) in [5.74, 6) is -0.739. The van der Waals surface area contributed by atoms with Crippen molar-refractivity contribution in [2.24, 2.45) is 11.7 Å². The van der Waals surface area contributed by atoms with Crippen LogP contribution in [0.3, 0.4) is 0 Å². The number of rotatable bonds is 8. The highest BCUT2D eigenvalue weighted by Crippen LogP contribution is 2.21. The molecule has 7 nitrogen and oxygen atoms in total. The number of hydrogen-bond acceptors (Lipinski definition) is 4. The maximum Gasteiger partial charge on any atom is 0.266 e. The third-order valence-electron chi connectivity index (χ3n) is 6.25. The summed E-state index contributed by atoms with van der Waals surface area (Å²) in [5, 5.41) is 12.4. The van der Waals surface area contributed by atoms with E-state index in [1.165, 1.54) is 0 Å². The highest BCUT2D eigenvalue weighted by molar-refractivity contribution is 6.09. The van der Waals surface area contributed by atoms with E-state index in [4.69, 9.17) is 5.73 Å². The van der Waals surface area contributed by atoms with E-state index in [-0.39, 0.29) is 17.4 Å². The van der Waals surface area contributed by atoms with E-state index < -0.39 is 5.91 Å². The molecule has 1 saturated heterocycles. The Balaban J connectivity index is 1.65. The fourth-order valence-corrected chi connectivity index (χ4v) is 4.43. The fourth-order valence-electron chi connectivity index (χ4n) is 4.43. The largest absolute Gasteiger partial charge is 0.369 e. The van der Waals surface area contributed by atoms with Gasteiger partial charge in [-0.2, -0.15) is 5.26 Å². The van der Waals surface area contributed by atoms with Crippen molar-refractivity contribution < 1.29 is 9.59 Å². The van der Waals surface area contributed by atoms with E-state index in [0.29, 0.717) is 12.2 Å². The first kappa shape index (κ1) is 24.3. The summed E-state index contributed by atoms with van der Waals surface area (Å²) < 4.78 is 2.20. The van der Waals surface area contributed by atoms with Gasteiger partial charge in [-0.05, 0) is 75.1 Å². The summed E-state index contributed by atoms with van der Waals surface area (Å²) in [6.45, 7) is 9.43. The van der Waals surface area contributed by atoms with Gasteiger partial charge in [-0.3, -0.25) is 14.5 Å². The molecule has 1 aromatic carbocycles. The smallest absolute Gasteiger partial charge is 0.266 e. The van der Waals surface area contributed by atoms with Crippen LogP contribution in [0, 0.1) is 31.1 Å². The van der Waals surface area contributed by atoms with Crippen molar-refractivity contribution in [1.29, 1.82) is 5.26 Å². The lowest BCUT2D eigenvalue weighted by Gasteiger charge is -2.31. The average Bonchev–Trinajstić information content (AvgIpc) is 3.06. The van der Waals surface area contributed by atoms with Gasteiger partial charge in [0.2, 0.25) is 5.91 Å². The van der Waals surface area contributed by atoms with Crippen LogP contribution in [0.4, 0.5) is 5.69 Å². The van der Waals surface area contributed by atoms with Gasteiger partial charge >= 0.3 is 0 Å². The topological polar surface area (TPSA) is 104 Å². The van der Waals surface area contributed by atoms with Gasteiger partial charge in [0.1, 0.15) is 11.6 Å². The lowest BCUT2D eigenvalue weighted by atomic mass is 9.97. The van der Waals surface area contributed by atoms with Crippen LogP contribution in [-0.4, -0.2) is 34.4 Å². The molecular formula is C26H33N5O2. The predicted molar refractivity (Wildman–Crippen MR) is 130 cm³/mol. The Bertz CT molecular complexity index is 1080. The predicted octanol–water partition coefficient (Wildman–Crippen LogP) is 3.76. The maximum absolute atomic E-state index is 12.7. The van der Waals surface area contributed by atoms with E-state index in [1.807, 2.05) is 50.2 Å². The Hall–Kier alpha value is -3.37. The van der Waals surface area contributed by atoms with Crippen molar-refractivity contribution in [1.82, 2.24) is 9.47 Å². The number of likely N-dealkylation sites (tertiary alicyclic amines) is 1. The van der Waals surface area contributed by atoms with Crippen LogP contribution in [0.25, 0.3) is 6.08 Å². The molecule has 3 N–H and O–H groups in total. The normalized spacial score (nSPS) is 16.9. The van der Waals surface area contributed by atoms with Gasteiger partial charge in [0, 0.05) is 36.7 Å². The Morgan fingerprint density at radius 1 is 1.27 bits per heavy atom. The minimum absolute atomic E-state index is 0.0710. The molecule has 1 aliphatic heterocycles. The van der Waals surface area contributed by atoms with Gasteiger partial charge in [0.25, 0.3) is 5.91 Å². The van der Waals surface area contributed by atoms with Crippen molar-refractivity contribution in [3.8, 4) is 6.07 Å². The van der Waals surface area contributed by atoms with Gasteiger partial charge in [-0.1, -0.05) is 19.1 Å². The third kappa shape index (κ3) is 6.11. The van der Waals surface area contributed by atoms with Crippen LogP contribution in [0.15, 0.2) is 35.9 Å². The van der Waals surface area contributed by atoms with Gasteiger partial charge in [-0.15, -0.1) is 0 Å². The summed E-state index contributed by atoms with van der Waals surface area (Å²) in [4.78, 5) is 26.4. The molecule has 2 amide bonds. The monoisotopic (exact) mass is 447 g/mol.